The highest BCUT2D eigenvalue weighted by Crippen LogP contribution is 2.34. The van der Waals surface area contributed by atoms with Gasteiger partial charge < -0.3 is 0 Å². The molecule has 108 valence electrons. The molecule has 2 N–H and O–H groups in total. The van der Waals surface area contributed by atoms with Gasteiger partial charge in [0.15, 0.2) is 0 Å². The average molecular weight is 372 g/mol. The Labute approximate surface area is 129 Å². The minimum Gasteiger partial charge on any atom is -0.224 e. The fourth-order valence-electron chi connectivity index (χ4n) is 1.39. The Balaban J connectivity index is 2.62. The molecule has 0 aliphatic carbocycles. The van der Waals surface area contributed by atoms with Crippen LogP contribution in [0.3, 0.4) is 0 Å². The van der Waals surface area contributed by atoms with E-state index in [0.717, 1.165) is 12.1 Å². The van der Waals surface area contributed by atoms with Gasteiger partial charge in [0.25, 0.3) is 0 Å². The molecule has 0 bridgehead atoms. The summed E-state index contributed by atoms with van der Waals surface area (Å²) in [5, 5.41) is 5.15. The molecule has 0 saturated carbocycles. The number of halogens is 2. The maximum absolute atomic E-state index is 12.4. The molecule has 0 saturated heterocycles. The van der Waals surface area contributed by atoms with Crippen LogP contribution in [0.1, 0.15) is 0 Å². The second-order valence-corrected chi connectivity index (χ2v) is 9.56. The third-order valence-corrected chi connectivity index (χ3v) is 7.77. The molecule has 10 heteroatoms. The molecule has 0 unspecified atom stereocenters. The van der Waals surface area contributed by atoms with Crippen LogP contribution in [0.2, 0.25) is 10.0 Å². The van der Waals surface area contributed by atoms with Crippen molar-refractivity contribution < 1.29 is 16.8 Å². The first-order valence-electron chi connectivity index (χ1n) is 4.95. The molecule has 0 spiro atoms. The van der Waals surface area contributed by atoms with Crippen molar-refractivity contribution in [3.63, 3.8) is 0 Å². The first-order valence-corrected chi connectivity index (χ1v) is 9.55. The van der Waals surface area contributed by atoms with Gasteiger partial charge in [-0.3, -0.25) is 0 Å². The highest BCUT2D eigenvalue weighted by Gasteiger charge is 2.25. The summed E-state index contributed by atoms with van der Waals surface area (Å²) >= 11 is 12.2. The minimum atomic E-state index is -3.95. The molecular weight excluding hydrogens is 365 g/mol. The number of primary sulfonamides is 1. The smallest absolute Gasteiger partial charge is 0.224 e. The van der Waals surface area contributed by atoms with Gasteiger partial charge in [-0.2, -0.15) is 0 Å². The van der Waals surface area contributed by atoms with Gasteiger partial charge in [-0.05, 0) is 30.3 Å². The van der Waals surface area contributed by atoms with E-state index in [4.69, 9.17) is 28.3 Å². The first-order chi connectivity index (χ1) is 9.12. The standard InChI is InChI=1S/C10H7Cl2NO4S3/c11-6-1-2-7(12)8(5-6)19(14,15)9-3-4-10(18-9)20(13,16)17/h1-5H,(H2,13,16,17). The van der Waals surface area contributed by atoms with E-state index in [-0.39, 0.29) is 23.4 Å². The zero-order valence-electron chi connectivity index (χ0n) is 9.58. The zero-order chi connectivity index (χ0) is 15.1. The largest absolute Gasteiger partial charge is 0.247 e. The molecule has 20 heavy (non-hydrogen) atoms. The molecule has 0 radical (unpaired) electrons. The van der Waals surface area contributed by atoms with Crippen molar-refractivity contribution >= 4 is 54.4 Å². The van der Waals surface area contributed by atoms with Crippen LogP contribution in [0, 0.1) is 0 Å². The van der Waals surface area contributed by atoms with Gasteiger partial charge in [0.1, 0.15) is 8.42 Å². The van der Waals surface area contributed by atoms with E-state index < -0.39 is 19.9 Å². The van der Waals surface area contributed by atoms with Crippen LogP contribution in [0.4, 0.5) is 0 Å². The monoisotopic (exact) mass is 371 g/mol. The van der Waals surface area contributed by atoms with Gasteiger partial charge in [0, 0.05) is 5.02 Å². The fourth-order valence-corrected chi connectivity index (χ4v) is 5.72. The summed E-state index contributed by atoms with van der Waals surface area (Å²) in [6.07, 6.45) is 0. The quantitative estimate of drug-likeness (QED) is 0.896. The molecule has 0 amide bonds. The molecule has 0 fully saturated rings. The maximum Gasteiger partial charge on any atom is 0.247 e. The minimum absolute atomic E-state index is 0.0000411. The van der Waals surface area contributed by atoms with Crippen molar-refractivity contribution in [1.29, 1.82) is 0 Å². The summed E-state index contributed by atoms with van der Waals surface area (Å²) < 4.78 is 46.7. The predicted molar refractivity (Wildman–Crippen MR) is 77.6 cm³/mol. The fraction of sp³-hybridized carbons (Fsp3) is 0. The number of sulfone groups is 1. The molecule has 5 nitrogen and oxygen atoms in total. The van der Waals surface area contributed by atoms with E-state index in [9.17, 15) is 16.8 Å². The number of sulfonamides is 1. The first kappa shape index (κ1) is 15.7. The summed E-state index contributed by atoms with van der Waals surface area (Å²) in [5.74, 6) is 0. The number of hydrogen-bond acceptors (Lipinski definition) is 5. The lowest BCUT2D eigenvalue weighted by molar-refractivity contribution is 0.597. The molecule has 1 aromatic carbocycles. The maximum atomic E-state index is 12.4. The zero-order valence-corrected chi connectivity index (χ0v) is 13.5. The Morgan fingerprint density at radius 3 is 2.10 bits per heavy atom. The molecule has 1 aromatic heterocycles. The summed E-state index contributed by atoms with van der Waals surface area (Å²) in [6.45, 7) is 0. The second kappa shape index (κ2) is 5.28. The van der Waals surface area contributed by atoms with E-state index in [0.29, 0.717) is 11.3 Å². The Kier molecular flexibility index (Phi) is 4.16. The van der Waals surface area contributed by atoms with Crippen molar-refractivity contribution in [3.05, 3.63) is 40.4 Å². The topological polar surface area (TPSA) is 94.3 Å². The Bertz CT molecular complexity index is 872. The summed E-state index contributed by atoms with van der Waals surface area (Å²) in [6, 6.07) is 6.30. The average Bonchev–Trinajstić information content (AvgIpc) is 2.82. The lowest BCUT2D eigenvalue weighted by Gasteiger charge is -2.04. The van der Waals surface area contributed by atoms with E-state index >= 15 is 0 Å². The number of nitrogens with two attached hydrogens (primary N) is 1. The van der Waals surface area contributed by atoms with Gasteiger partial charge in [0.05, 0.1) is 9.92 Å². The molecule has 0 aliphatic heterocycles. The Morgan fingerprint density at radius 1 is 0.950 bits per heavy atom. The van der Waals surface area contributed by atoms with Crippen LogP contribution in [0.5, 0.6) is 0 Å². The van der Waals surface area contributed by atoms with Crippen molar-refractivity contribution in [3.8, 4) is 0 Å². The molecule has 1 heterocycles. The second-order valence-electron chi connectivity index (χ2n) is 3.70. The van der Waals surface area contributed by atoms with Gasteiger partial charge >= 0.3 is 0 Å². The highest BCUT2D eigenvalue weighted by atomic mass is 35.5. The van der Waals surface area contributed by atoms with Crippen LogP contribution in [0.15, 0.2) is 43.6 Å². The molecule has 0 aliphatic rings. The van der Waals surface area contributed by atoms with Crippen molar-refractivity contribution in [2.75, 3.05) is 0 Å². The lowest BCUT2D eigenvalue weighted by atomic mass is 10.4. The third kappa shape index (κ3) is 3.00. The molecular formula is C10H7Cl2NO4S3. The summed E-state index contributed by atoms with van der Waals surface area (Å²) in [7, 11) is -7.90. The highest BCUT2D eigenvalue weighted by molar-refractivity contribution is 7.95. The van der Waals surface area contributed by atoms with Crippen molar-refractivity contribution in [2.45, 2.75) is 13.3 Å². The number of benzene rings is 1. The number of hydrogen-bond donors (Lipinski definition) is 1. The van der Waals surface area contributed by atoms with Gasteiger partial charge in [0.2, 0.25) is 19.9 Å². The number of rotatable bonds is 3. The van der Waals surface area contributed by atoms with Gasteiger partial charge in [-0.1, -0.05) is 23.2 Å². The van der Waals surface area contributed by atoms with E-state index in [2.05, 4.69) is 0 Å². The molecule has 2 rings (SSSR count). The SMILES string of the molecule is NS(=O)(=O)c1ccc(S(=O)(=O)c2cc(Cl)ccc2Cl)s1. The summed E-state index contributed by atoms with van der Waals surface area (Å²) in [5.41, 5.74) is 0. The summed E-state index contributed by atoms with van der Waals surface area (Å²) in [4.78, 5) is -0.186. The van der Waals surface area contributed by atoms with Crippen LogP contribution in [0.25, 0.3) is 0 Å². The van der Waals surface area contributed by atoms with E-state index in [1.54, 1.807) is 0 Å². The van der Waals surface area contributed by atoms with Gasteiger partial charge in [-0.15, -0.1) is 11.3 Å². The van der Waals surface area contributed by atoms with Crippen LogP contribution >= 0.6 is 34.5 Å². The van der Waals surface area contributed by atoms with E-state index in [1.807, 2.05) is 0 Å². The Morgan fingerprint density at radius 2 is 1.55 bits per heavy atom. The molecule has 0 atom stereocenters. The predicted octanol–water partition coefficient (Wildman–Crippen LogP) is 2.54. The van der Waals surface area contributed by atoms with Crippen LogP contribution in [-0.4, -0.2) is 16.8 Å². The van der Waals surface area contributed by atoms with Crippen LogP contribution < -0.4 is 5.14 Å². The van der Waals surface area contributed by atoms with Crippen molar-refractivity contribution in [2.24, 2.45) is 5.14 Å². The lowest BCUT2D eigenvalue weighted by Crippen LogP contribution is -2.09. The normalized spacial score (nSPS) is 12.6. The Hall–Kier alpha value is -0.640. The van der Waals surface area contributed by atoms with Crippen LogP contribution in [-0.2, 0) is 19.9 Å². The third-order valence-electron chi connectivity index (χ3n) is 2.28. The van der Waals surface area contributed by atoms with Crippen molar-refractivity contribution in [1.82, 2.24) is 0 Å². The van der Waals surface area contributed by atoms with Gasteiger partial charge in [-0.25, -0.2) is 22.0 Å². The molecule has 2 aromatic rings. The number of thiophene rings is 1. The van der Waals surface area contributed by atoms with E-state index in [1.165, 1.54) is 18.2 Å².